The van der Waals surface area contributed by atoms with Crippen molar-refractivity contribution in [1.29, 1.82) is 0 Å². The van der Waals surface area contributed by atoms with Gasteiger partial charge in [-0.3, -0.25) is 0 Å². The van der Waals surface area contributed by atoms with Crippen LogP contribution in [0.5, 0.6) is 0 Å². The lowest BCUT2D eigenvalue weighted by Gasteiger charge is -2.23. The summed E-state index contributed by atoms with van der Waals surface area (Å²) in [4.78, 5) is 11.2. The SMILES string of the molecule is CCc1cc(CC)n2nc(CCCN(CCO)c3ccc(F)cc3)nc2n1. The molecule has 0 aliphatic heterocycles. The molecule has 0 amide bonds. The number of aryl methyl sites for hydroxylation is 3. The van der Waals surface area contributed by atoms with E-state index < -0.39 is 0 Å². The van der Waals surface area contributed by atoms with E-state index in [0.717, 1.165) is 55.1 Å². The molecule has 3 rings (SSSR count). The maximum absolute atomic E-state index is 13.1. The van der Waals surface area contributed by atoms with E-state index in [1.165, 1.54) is 12.1 Å². The molecule has 7 heteroatoms. The maximum atomic E-state index is 13.1. The summed E-state index contributed by atoms with van der Waals surface area (Å²) < 4.78 is 15.0. The monoisotopic (exact) mass is 371 g/mol. The van der Waals surface area contributed by atoms with Gasteiger partial charge in [0.15, 0.2) is 5.82 Å². The van der Waals surface area contributed by atoms with Crippen LogP contribution in [0, 0.1) is 5.82 Å². The first kappa shape index (κ1) is 19.2. The molecule has 3 aromatic rings. The molecule has 0 saturated heterocycles. The van der Waals surface area contributed by atoms with Crippen molar-refractivity contribution in [2.24, 2.45) is 0 Å². The number of anilines is 1. The average molecular weight is 371 g/mol. The minimum atomic E-state index is -0.262. The number of hydrogen-bond acceptors (Lipinski definition) is 5. The molecule has 0 saturated carbocycles. The number of aliphatic hydroxyl groups is 1. The van der Waals surface area contributed by atoms with Crippen LogP contribution in [0.4, 0.5) is 10.1 Å². The Morgan fingerprint density at radius 1 is 1.07 bits per heavy atom. The molecule has 6 nitrogen and oxygen atoms in total. The topological polar surface area (TPSA) is 66.5 Å². The normalized spacial score (nSPS) is 11.3. The van der Waals surface area contributed by atoms with Gasteiger partial charge in [-0.1, -0.05) is 13.8 Å². The number of halogens is 1. The van der Waals surface area contributed by atoms with Crippen molar-refractivity contribution in [1.82, 2.24) is 19.6 Å². The molecule has 0 aliphatic carbocycles. The van der Waals surface area contributed by atoms with Crippen LogP contribution in [0.3, 0.4) is 0 Å². The second kappa shape index (κ2) is 8.90. The van der Waals surface area contributed by atoms with Crippen LogP contribution >= 0.6 is 0 Å². The highest BCUT2D eigenvalue weighted by molar-refractivity contribution is 5.46. The third-order valence-corrected chi connectivity index (χ3v) is 4.60. The molecule has 1 aromatic carbocycles. The Kier molecular flexibility index (Phi) is 6.34. The highest BCUT2D eigenvalue weighted by atomic mass is 19.1. The number of fused-ring (bicyclic) bond motifs is 1. The number of rotatable bonds is 9. The van der Waals surface area contributed by atoms with Gasteiger partial charge in [0.2, 0.25) is 0 Å². The van der Waals surface area contributed by atoms with E-state index in [2.05, 4.69) is 35.0 Å². The van der Waals surface area contributed by atoms with E-state index in [1.807, 2.05) is 9.42 Å². The number of benzene rings is 1. The average Bonchev–Trinajstić information content (AvgIpc) is 3.10. The number of aromatic nitrogens is 4. The molecule has 0 aliphatic rings. The van der Waals surface area contributed by atoms with Crippen LogP contribution in [-0.4, -0.2) is 44.4 Å². The molecule has 0 fully saturated rings. The summed E-state index contributed by atoms with van der Waals surface area (Å²) in [7, 11) is 0. The van der Waals surface area contributed by atoms with Crippen molar-refractivity contribution in [3.8, 4) is 0 Å². The molecule has 0 unspecified atom stereocenters. The predicted octanol–water partition coefficient (Wildman–Crippen LogP) is 2.82. The summed E-state index contributed by atoms with van der Waals surface area (Å²) in [6.07, 6.45) is 3.30. The van der Waals surface area contributed by atoms with E-state index >= 15 is 0 Å². The Morgan fingerprint density at radius 3 is 2.52 bits per heavy atom. The standard InChI is InChI=1S/C20H26FN5O/c1-3-16-14-17(4-2)26-20(22-16)23-19(24-26)6-5-11-25(12-13-27)18-9-7-15(21)8-10-18/h7-10,14,27H,3-6,11-13H2,1-2H3. The van der Waals surface area contributed by atoms with Gasteiger partial charge in [-0.2, -0.15) is 4.98 Å². The number of nitrogens with zero attached hydrogens (tertiary/aromatic N) is 5. The molecule has 0 radical (unpaired) electrons. The minimum absolute atomic E-state index is 0.0492. The van der Waals surface area contributed by atoms with Gasteiger partial charge in [0, 0.05) is 36.6 Å². The summed E-state index contributed by atoms with van der Waals surface area (Å²) in [6.45, 7) is 5.47. The van der Waals surface area contributed by atoms with E-state index in [1.54, 1.807) is 12.1 Å². The van der Waals surface area contributed by atoms with Crippen molar-refractivity contribution in [3.05, 3.63) is 53.4 Å². The van der Waals surface area contributed by atoms with Crippen LogP contribution in [0.15, 0.2) is 30.3 Å². The van der Waals surface area contributed by atoms with Gasteiger partial charge < -0.3 is 10.0 Å². The van der Waals surface area contributed by atoms with Crippen molar-refractivity contribution < 1.29 is 9.50 Å². The van der Waals surface area contributed by atoms with Gasteiger partial charge in [-0.15, -0.1) is 5.10 Å². The van der Waals surface area contributed by atoms with E-state index in [0.29, 0.717) is 12.3 Å². The largest absolute Gasteiger partial charge is 0.395 e. The van der Waals surface area contributed by atoms with Crippen molar-refractivity contribution in [2.45, 2.75) is 39.5 Å². The summed E-state index contributed by atoms with van der Waals surface area (Å²) in [5, 5.41) is 13.9. The van der Waals surface area contributed by atoms with Crippen LogP contribution in [0.2, 0.25) is 0 Å². The van der Waals surface area contributed by atoms with Gasteiger partial charge in [-0.25, -0.2) is 13.9 Å². The molecule has 0 bridgehead atoms. The highest BCUT2D eigenvalue weighted by Crippen LogP contribution is 2.16. The Labute approximate surface area is 158 Å². The Bertz CT molecular complexity index is 878. The van der Waals surface area contributed by atoms with Crippen LogP contribution in [-0.2, 0) is 19.3 Å². The van der Waals surface area contributed by atoms with Crippen molar-refractivity contribution >= 4 is 11.5 Å². The first-order valence-corrected chi connectivity index (χ1v) is 9.50. The second-order valence-electron chi connectivity index (χ2n) is 6.48. The summed E-state index contributed by atoms with van der Waals surface area (Å²) in [6, 6.07) is 8.43. The Balaban J connectivity index is 1.69. The molecule has 1 N–H and O–H groups in total. The number of aliphatic hydroxyl groups excluding tert-OH is 1. The third kappa shape index (κ3) is 4.60. The van der Waals surface area contributed by atoms with Gasteiger partial charge in [0.1, 0.15) is 5.82 Å². The molecule has 0 atom stereocenters. The fraction of sp³-hybridized carbons (Fsp3) is 0.450. The lowest BCUT2D eigenvalue weighted by molar-refractivity contribution is 0.301. The molecular weight excluding hydrogens is 345 g/mol. The smallest absolute Gasteiger partial charge is 0.252 e. The van der Waals surface area contributed by atoms with Crippen LogP contribution in [0.25, 0.3) is 5.78 Å². The zero-order valence-corrected chi connectivity index (χ0v) is 15.9. The van der Waals surface area contributed by atoms with Gasteiger partial charge >= 0.3 is 0 Å². The fourth-order valence-electron chi connectivity index (χ4n) is 3.13. The summed E-state index contributed by atoms with van der Waals surface area (Å²) in [5.74, 6) is 1.17. The Morgan fingerprint density at radius 2 is 1.85 bits per heavy atom. The zero-order chi connectivity index (χ0) is 19.2. The molecular formula is C20H26FN5O. The van der Waals surface area contributed by atoms with E-state index in [4.69, 9.17) is 0 Å². The number of hydrogen-bond donors (Lipinski definition) is 1. The zero-order valence-electron chi connectivity index (χ0n) is 15.9. The molecule has 27 heavy (non-hydrogen) atoms. The maximum Gasteiger partial charge on any atom is 0.252 e. The van der Waals surface area contributed by atoms with E-state index in [9.17, 15) is 9.50 Å². The lowest BCUT2D eigenvalue weighted by atomic mass is 10.2. The molecule has 144 valence electrons. The molecule has 2 aromatic heterocycles. The summed E-state index contributed by atoms with van der Waals surface area (Å²) >= 11 is 0. The third-order valence-electron chi connectivity index (χ3n) is 4.60. The predicted molar refractivity (Wildman–Crippen MR) is 104 cm³/mol. The highest BCUT2D eigenvalue weighted by Gasteiger charge is 2.11. The quantitative estimate of drug-likeness (QED) is 0.626. The lowest BCUT2D eigenvalue weighted by Crippen LogP contribution is -2.28. The van der Waals surface area contributed by atoms with Gasteiger partial charge in [-0.05, 0) is 49.6 Å². The minimum Gasteiger partial charge on any atom is -0.395 e. The fourth-order valence-corrected chi connectivity index (χ4v) is 3.13. The first-order chi connectivity index (χ1) is 13.1. The van der Waals surface area contributed by atoms with Crippen molar-refractivity contribution in [3.63, 3.8) is 0 Å². The van der Waals surface area contributed by atoms with Crippen LogP contribution < -0.4 is 4.90 Å². The van der Waals surface area contributed by atoms with Crippen LogP contribution in [0.1, 0.15) is 37.5 Å². The van der Waals surface area contributed by atoms with Gasteiger partial charge in [0.25, 0.3) is 5.78 Å². The van der Waals surface area contributed by atoms with Crippen molar-refractivity contribution in [2.75, 3.05) is 24.6 Å². The second-order valence-corrected chi connectivity index (χ2v) is 6.48. The van der Waals surface area contributed by atoms with Gasteiger partial charge in [0.05, 0.1) is 6.61 Å². The summed E-state index contributed by atoms with van der Waals surface area (Å²) in [5.41, 5.74) is 3.04. The first-order valence-electron chi connectivity index (χ1n) is 9.50. The molecule has 0 spiro atoms. The molecule has 2 heterocycles. The Hall–Kier alpha value is -2.54. The van der Waals surface area contributed by atoms with E-state index in [-0.39, 0.29) is 12.4 Å².